The summed E-state index contributed by atoms with van der Waals surface area (Å²) in [5.41, 5.74) is 5.31. The van der Waals surface area contributed by atoms with Gasteiger partial charge in [0.1, 0.15) is 0 Å². The van der Waals surface area contributed by atoms with Crippen LogP contribution in [-0.2, 0) is 6.42 Å². The fourth-order valence-corrected chi connectivity index (χ4v) is 3.56. The molecule has 0 amide bonds. The van der Waals surface area contributed by atoms with Gasteiger partial charge in [-0.25, -0.2) is 0 Å². The molecule has 4 heteroatoms. The van der Waals surface area contributed by atoms with Gasteiger partial charge in [0, 0.05) is 22.5 Å². The molecule has 2 N–H and O–H groups in total. The number of carbonyl (C=O) groups is 1. The molecule has 0 aromatic heterocycles. The first-order valence-electron chi connectivity index (χ1n) is 10.1. The first-order valence-corrected chi connectivity index (χ1v) is 10.4. The molecule has 3 aromatic carbocycles. The monoisotopic (exact) mass is 406 g/mol. The van der Waals surface area contributed by atoms with E-state index in [0.717, 1.165) is 42.9 Å². The van der Waals surface area contributed by atoms with E-state index in [9.17, 15) is 4.79 Å². The SMILES string of the molecule is CCCNCCc1ccccc1Nc1ccc(C(=O)c2ccccc2C)c(Cl)c1. The van der Waals surface area contributed by atoms with Crippen LogP contribution in [-0.4, -0.2) is 18.9 Å². The van der Waals surface area contributed by atoms with Crippen molar-refractivity contribution in [2.24, 2.45) is 0 Å². The Morgan fingerprint density at radius 3 is 2.45 bits per heavy atom. The Morgan fingerprint density at radius 1 is 0.931 bits per heavy atom. The van der Waals surface area contributed by atoms with Crippen molar-refractivity contribution < 1.29 is 4.79 Å². The molecular formula is C25H27ClN2O. The number of hydrogen-bond donors (Lipinski definition) is 2. The molecule has 0 aliphatic carbocycles. The van der Waals surface area contributed by atoms with Crippen LogP contribution in [0.3, 0.4) is 0 Å². The smallest absolute Gasteiger partial charge is 0.194 e. The van der Waals surface area contributed by atoms with E-state index in [1.807, 2.05) is 49.4 Å². The van der Waals surface area contributed by atoms with Crippen LogP contribution in [0.15, 0.2) is 66.7 Å². The highest BCUT2D eigenvalue weighted by molar-refractivity contribution is 6.35. The molecule has 0 saturated carbocycles. The van der Waals surface area contributed by atoms with Crippen LogP contribution in [0.1, 0.15) is 40.4 Å². The maximum absolute atomic E-state index is 12.9. The summed E-state index contributed by atoms with van der Waals surface area (Å²) in [5, 5.41) is 7.33. The summed E-state index contributed by atoms with van der Waals surface area (Å²) in [6.07, 6.45) is 2.08. The van der Waals surface area contributed by atoms with Gasteiger partial charge in [0.15, 0.2) is 5.78 Å². The summed E-state index contributed by atoms with van der Waals surface area (Å²) in [5.74, 6) is -0.0537. The first-order chi connectivity index (χ1) is 14.1. The van der Waals surface area contributed by atoms with Gasteiger partial charge in [-0.05, 0) is 68.2 Å². The fraction of sp³-hybridized carbons (Fsp3) is 0.240. The van der Waals surface area contributed by atoms with Gasteiger partial charge in [-0.2, -0.15) is 0 Å². The minimum absolute atomic E-state index is 0.0537. The minimum atomic E-state index is -0.0537. The molecular weight excluding hydrogens is 380 g/mol. The van der Waals surface area contributed by atoms with Gasteiger partial charge in [-0.15, -0.1) is 0 Å². The topological polar surface area (TPSA) is 41.1 Å². The predicted molar refractivity (Wildman–Crippen MR) is 123 cm³/mol. The number of ketones is 1. The summed E-state index contributed by atoms with van der Waals surface area (Å²) in [7, 11) is 0. The zero-order valence-electron chi connectivity index (χ0n) is 17.0. The number of aryl methyl sites for hydroxylation is 1. The van der Waals surface area contributed by atoms with Crippen LogP contribution in [0.25, 0.3) is 0 Å². The van der Waals surface area contributed by atoms with Crippen molar-refractivity contribution >= 4 is 28.8 Å². The van der Waals surface area contributed by atoms with Crippen LogP contribution < -0.4 is 10.6 Å². The number of nitrogens with one attached hydrogen (secondary N) is 2. The van der Waals surface area contributed by atoms with E-state index in [-0.39, 0.29) is 5.78 Å². The highest BCUT2D eigenvalue weighted by Gasteiger charge is 2.15. The Kier molecular flexibility index (Phi) is 7.45. The zero-order chi connectivity index (χ0) is 20.6. The Balaban J connectivity index is 1.76. The summed E-state index contributed by atoms with van der Waals surface area (Å²) in [4.78, 5) is 12.9. The van der Waals surface area contributed by atoms with Crippen molar-refractivity contribution in [1.82, 2.24) is 5.32 Å². The highest BCUT2D eigenvalue weighted by atomic mass is 35.5. The number of anilines is 2. The lowest BCUT2D eigenvalue weighted by atomic mass is 9.99. The average Bonchev–Trinajstić information content (AvgIpc) is 2.72. The van der Waals surface area contributed by atoms with E-state index < -0.39 is 0 Å². The number of carbonyl (C=O) groups excluding carboxylic acids is 1. The Morgan fingerprint density at radius 2 is 1.69 bits per heavy atom. The van der Waals surface area contributed by atoms with Gasteiger partial charge in [-0.3, -0.25) is 4.79 Å². The van der Waals surface area contributed by atoms with Gasteiger partial charge in [0.25, 0.3) is 0 Å². The summed E-state index contributed by atoms with van der Waals surface area (Å²) < 4.78 is 0. The molecule has 0 fully saturated rings. The molecule has 29 heavy (non-hydrogen) atoms. The first kappa shape index (κ1) is 21.1. The Labute approximate surface area is 178 Å². The minimum Gasteiger partial charge on any atom is -0.355 e. The summed E-state index contributed by atoms with van der Waals surface area (Å²) in [6.45, 7) is 6.07. The molecule has 0 heterocycles. The second-order valence-corrected chi connectivity index (χ2v) is 7.53. The molecule has 0 saturated heterocycles. The number of benzene rings is 3. The molecule has 3 nitrogen and oxygen atoms in total. The number of halogens is 1. The third-order valence-electron chi connectivity index (χ3n) is 4.90. The highest BCUT2D eigenvalue weighted by Crippen LogP contribution is 2.27. The van der Waals surface area contributed by atoms with Crippen molar-refractivity contribution in [1.29, 1.82) is 0 Å². The summed E-state index contributed by atoms with van der Waals surface area (Å²) >= 11 is 6.48. The Hall–Kier alpha value is -2.62. The van der Waals surface area contributed by atoms with E-state index in [0.29, 0.717) is 16.1 Å². The molecule has 150 valence electrons. The van der Waals surface area contributed by atoms with Crippen molar-refractivity contribution in [2.45, 2.75) is 26.7 Å². The molecule has 0 spiro atoms. The average molecular weight is 407 g/mol. The third-order valence-corrected chi connectivity index (χ3v) is 5.21. The second kappa shape index (κ2) is 10.2. The zero-order valence-corrected chi connectivity index (χ0v) is 17.7. The maximum Gasteiger partial charge on any atom is 0.194 e. The van der Waals surface area contributed by atoms with Crippen LogP contribution in [0, 0.1) is 6.92 Å². The van der Waals surface area contributed by atoms with Crippen molar-refractivity contribution in [3.05, 3.63) is 94.0 Å². The predicted octanol–water partition coefficient (Wildman–Crippen LogP) is 6.17. The largest absolute Gasteiger partial charge is 0.355 e. The second-order valence-electron chi connectivity index (χ2n) is 7.12. The lowest BCUT2D eigenvalue weighted by Crippen LogP contribution is -2.18. The molecule has 0 atom stereocenters. The van der Waals surface area contributed by atoms with Crippen molar-refractivity contribution in [3.63, 3.8) is 0 Å². The number of rotatable bonds is 9. The van der Waals surface area contributed by atoms with Gasteiger partial charge >= 0.3 is 0 Å². The molecule has 0 bridgehead atoms. The fourth-order valence-electron chi connectivity index (χ4n) is 3.29. The number of hydrogen-bond acceptors (Lipinski definition) is 3. The van der Waals surface area contributed by atoms with E-state index >= 15 is 0 Å². The standard InChI is InChI=1S/C25H27ClN2O/c1-3-15-27-16-14-19-9-5-7-11-24(19)28-20-12-13-22(23(26)17-20)25(29)21-10-6-4-8-18(21)2/h4-13,17,27-28H,3,14-16H2,1-2H3. The quantitative estimate of drug-likeness (QED) is 0.330. The van der Waals surface area contributed by atoms with Crippen LogP contribution >= 0.6 is 11.6 Å². The van der Waals surface area contributed by atoms with E-state index in [1.165, 1.54) is 5.56 Å². The van der Waals surface area contributed by atoms with Gasteiger partial charge in [-0.1, -0.05) is 61.0 Å². The van der Waals surface area contributed by atoms with Crippen LogP contribution in [0.5, 0.6) is 0 Å². The van der Waals surface area contributed by atoms with Gasteiger partial charge in [0.05, 0.1) is 5.02 Å². The number of para-hydroxylation sites is 1. The lowest BCUT2D eigenvalue weighted by molar-refractivity contribution is 0.103. The van der Waals surface area contributed by atoms with Gasteiger partial charge in [0.2, 0.25) is 0 Å². The maximum atomic E-state index is 12.9. The molecule has 0 aliphatic rings. The normalized spacial score (nSPS) is 10.7. The lowest BCUT2D eigenvalue weighted by Gasteiger charge is -2.14. The molecule has 0 radical (unpaired) electrons. The van der Waals surface area contributed by atoms with Crippen molar-refractivity contribution in [3.8, 4) is 0 Å². The molecule has 0 unspecified atom stereocenters. The van der Waals surface area contributed by atoms with Crippen LogP contribution in [0.2, 0.25) is 5.02 Å². The molecule has 3 rings (SSSR count). The van der Waals surface area contributed by atoms with E-state index in [4.69, 9.17) is 11.6 Å². The Bertz CT molecular complexity index is 984. The van der Waals surface area contributed by atoms with E-state index in [1.54, 1.807) is 6.07 Å². The third kappa shape index (κ3) is 5.47. The molecule has 3 aromatic rings. The van der Waals surface area contributed by atoms with Crippen molar-refractivity contribution in [2.75, 3.05) is 18.4 Å². The summed E-state index contributed by atoms with van der Waals surface area (Å²) in [6, 6.07) is 21.4. The van der Waals surface area contributed by atoms with Crippen LogP contribution in [0.4, 0.5) is 11.4 Å². The molecule has 0 aliphatic heterocycles. The van der Waals surface area contributed by atoms with E-state index in [2.05, 4.69) is 35.8 Å². The van der Waals surface area contributed by atoms with Gasteiger partial charge < -0.3 is 10.6 Å².